The highest BCUT2D eigenvalue weighted by Crippen LogP contribution is 2.31. The molecule has 0 radical (unpaired) electrons. The SMILES string of the molecule is COCCN(CC1(CO)CCOCC1)C(C)C. The van der Waals surface area contributed by atoms with E-state index in [4.69, 9.17) is 9.47 Å². The molecule has 0 saturated carbocycles. The number of methoxy groups -OCH3 is 1. The van der Waals surface area contributed by atoms with E-state index >= 15 is 0 Å². The van der Waals surface area contributed by atoms with E-state index in [2.05, 4.69) is 18.7 Å². The van der Waals surface area contributed by atoms with Crippen LogP contribution in [-0.4, -0.2) is 62.7 Å². The molecule has 0 aromatic carbocycles. The van der Waals surface area contributed by atoms with Crippen LogP contribution in [-0.2, 0) is 9.47 Å². The van der Waals surface area contributed by atoms with Crippen LogP contribution < -0.4 is 0 Å². The van der Waals surface area contributed by atoms with E-state index in [1.165, 1.54) is 0 Å². The van der Waals surface area contributed by atoms with Gasteiger partial charge in [-0.3, -0.25) is 4.90 Å². The van der Waals surface area contributed by atoms with E-state index < -0.39 is 0 Å². The van der Waals surface area contributed by atoms with Crippen molar-refractivity contribution in [3.05, 3.63) is 0 Å². The van der Waals surface area contributed by atoms with Crippen LogP contribution in [0, 0.1) is 5.41 Å². The van der Waals surface area contributed by atoms with Gasteiger partial charge in [-0.15, -0.1) is 0 Å². The van der Waals surface area contributed by atoms with Gasteiger partial charge in [-0.1, -0.05) is 0 Å². The van der Waals surface area contributed by atoms with Crippen molar-refractivity contribution in [2.75, 3.05) is 46.6 Å². The fraction of sp³-hybridized carbons (Fsp3) is 1.00. The molecule has 1 rings (SSSR count). The number of nitrogens with zero attached hydrogens (tertiary/aromatic N) is 1. The fourth-order valence-corrected chi connectivity index (χ4v) is 2.33. The van der Waals surface area contributed by atoms with Gasteiger partial charge in [-0.25, -0.2) is 0 Å². The van der Waals surface area contributed by atoms with Crippen molar-refractivity contribution < 1.29 is 14.6 Å². The summed E-state index contributed by atoms with van der Waals surface area (Å²) in [4.78, 5) is 2.39. The number of hydrogen-bond acceptors (Lipinski definition) is 4. The molecule has 0 aliphatic carbocycles. The van der Waals surface area contributed by atoms with E-state index in [0.29, 0.717) is 6.04 Å². The van der Waals surface area contributed by atoms with Gasteiger partial charge in [0, 0.05) is 44.9 Å². The normalized spacial score (nSPS) is 20.1. The lowest BCUT2D eigenvalue weighted by molar-refractivity contribution is -0.0415. The zero-order valence-corrected chi connectivity index (χ0v) is 11.4. The first-order chi connectivity index (χ1) is 8.13. The van der Waals surface area contributed by atoms with Gasteiger partial charge in [0.15, 0.2) is 0 Å². The second-order valence-electron chi connectivity index (χ2n) is 5.33. The predicted molar refractivity (Wildman–Crippen MR) is 68.2 cm³/mol. The molecule has 0 aromatic heterocycles. The quantitative estimate of drug-likeness (QED) is 0.730. The number of aliphatic hydroxyl groups is 1. The number of ether oxygens (including phenoxy) is 2. The Morgan fingerprint density at radius 3 is 2.47 bits per heavy atom. The predicted octanol–water partition coefficient (Wildman–Crippen LogP) is 1.13. The van der Waals surface area contributed by atoms with E-state index in [9.17, 15) is 5.11 Å². The van der Waals surface area contributed by atoms with Gasteiger partial charge in [0.2, 0.25) is 0 Å². The standard InChI is InChI=1S/C13H27NO3/c1-12(2)14(6-9-16-3)10-13(11-15)4-7-17-8-5-13/h12,15H,4-11H2,1-3H3. The van der Waals surface area contributed by atoms with Gasteiger partial charge in [-0.05, 0) is 26.7 Å². The molecule has 0 amide bonds. The monoisotopic (exact) mass is 245 g/mol. The molecule has 102 valence electrons. The van der Waals surface area contributed by atoms with Crippen molar-refractivity contribution in [2.45, 2.75) is 32.7 Å². The van der Waals surface area contributed by atoms with Crippen LogP contribution in [0.1, 0.15) is 26.7 Å². The molecule has 4 nitrogen and oxygen atoms in total. The Hall–Kier alpha value is -0.160. The molecular formula is C13H27NO3. The lowest BCUT2D eigenvalue weighted by atomic mass is 9.80. The summed E-state index contributed by atoms with van der Waals surface area (Å²) in [7, 11) is 1.73. The largest absolute Gasteiger partial charge is 0.396 e. The van der Waals surface area contributed by atoms with Gasteiger partial charge < -0.3 is 14.6 Å². The van der Waals surface area contributed by atoms with Crippen LogP contribution in [0.25, 0.3) is 0 Å². The first kappa shape index (κ1) is 14.9. The first-order valence-electron chi connectivity index (χ1n) is 6.55. The van der Waals surface area contributed by atoms with Crippen LogP contribution in [0.4, 0.5) is 0 Å². The van der Waals surface area contributed by atoms with Gasteiger partial charge in [0.05, 0.1) is 13.2 Å². The Balaban J connectivity index is 2.55. The smallest absolute Gasteiger partial charge is 0.0589 e. The molecule has 1 saturated heterocycles. The maximum atomic E-state index is 9.68. The number of rotatable bonds is 7. The molecule has 1 aliphatic heterocycles. The average Bonchev–Trinajstić information content (AvgIpc) is 2.35. The molecule has 0 atom stereocenters. The highest BCUT2D eigenvalue weighted by atomic mass is 16.5. The minimum atomic E-state index is 0.0241. The van der Waals surface area contributed by atoms with E-state index in [1.807, 2.05) is 0 Å². The maximum Gasteiger partial charge on any atom is 0.0589 e. The minimum Gasteiger partial charge on any atom is -0.396 e. The van der Waals surface area contributed by atoms with Crippen molar-refractivity contribution in [1.82, 2.24) is 4.90 Å². The average molecular weight is 245 g/mol. The molecule has 1 N–H and O–H groups in total. The Labute approximate surface area is 105 Å². The molecule has 0 unspecified atom stereocenters. The van der Waals surface area contributed by atoms with Crippen molar-refractivity contribution in [3.63, 3.8) is 0 Å². The summed E-state index contributed by atoms with van der Waals surface area (Å²) in [5.74, 6) is 0. The van der Waals surface area contributed by atoms with Crippen LogP contribution in [0.5, 0.6) is 0 Å². The minimum absolute atomic E-state index is 0.0241. The first-order valence-corrected chi connectivity index (χ1v) is 6.55. The highest BCUT2D eigenvalue weighted by Gasteiger charge is 2.34. The summed E-state index contributed by atoms with van der Waals surface area (Å²) in [6.07, 6.45) is 1.92. The van der Waals surface area contributed by atoms with Crippen molar-refractivity contribution in [3.8, 4) is 0 Å². The van der Waals surface area contributed by atoms with Gasteiger partial charge in [0.25, 0.3) is 0 Å². The summed E-state index contributed by atoms with van der Waals surface area (Å²) >= 11 is 0. The van der Waals surface area contributed by atoms with E-state index in [1.54, 1.807) is 7.11 Å². The van der Waals surface area contributed by atoms with Crippen LogP contribution >= 0.6 is 0 Å². The zero-order valence-electron chi connectivity index (χ0n) is 11.4. The molecular weight excluding hydrogens is 218 g/mol. The van der Waals surface area contributed by atoms with Crippen molar-refractivity contribution in [1.29, 1.82) is 0 Å². The Kier molecular flexibility index (Phi) is 6.41. The van der Waals surface area contributed by atoms with Gasteiger partial charge in [-0.2, -0.15) is 0 Å². The van der Waals surface area contributed by atoms with E-state index in [-0.39, 0.29) is 12.0 Å². The third-order valence-corrected chi connectivity index (χ3v) is 3.74. The van der Waals surface area contributed by atoms with E-state index in [0.717, 1.165) is 45.8 Å². The van der Waals surface area contributed by atoms with Crippen LogP contribution in [0.2, 0.25) is 0 Å². The molecule has 1 aliphatic rings. The number of hydrogen-bond donors (Lipinski definition) is 1. The molecule has 0 bridgehead atoms. The summed E-state index contributed by atoms with van der Waals surface area (Å²) in [6, 6.07) is 0.483. The Morgan fingerprint density at radius 1 is 1.35 bits per heavy atom. The molecule has 4 heteroatoms. The Morgan fingerprint density at radius 2 is 2.00 bits per heavy atom. The van der Waals surface area contributed by atoms with Gasteiger partial charge in [0.1, 0.15) is 0 Å². The molecule has 0 spiro atoms. The molecule has 1 heterocycles. The molecule has 0 aromatic rings. The van der Waals surface area contributed by atoms with Crippen LogP contribution in [0.15, 0.2) is 0 Å². The third kappa shape index (κ3) is 4.54. The summed E-state index contributed by atoms with van der Waals surface area (Å²) in [5, 5.41) is 9.68. The Bertz CT molecular complexity index is 203. The second kappa shape index (κ2) is 7.31. The zero-order chi connectivity index (χ0) is 12.7. The number of aliphatic hydroxyl groups excluding tert-OH is 1. The summed E-state index contributed by atoms with van der Waals surface area (Å²) in [6.45, 7) is 8.81. The van der Waals surface area contributed by atoms with Gasteiger partial charge >= 0.3 is 0 Å². The second-order valence-corrected chi connectivity index (χ2v) is 5.33. The third-order valence-electron chi connectivity index (χ3n) is 3.74. The molecule has 1 fully saturated rings. The topological polar surface area (TPSA) is 41.9 Å². The lowest BCUT2D eigenvalue weighted by Gasteiger charge is -2.41. The van der Waals surface area contributed by atoms with Crippen LogP contribution in [0.3, 0.4) is 0 Å². The molecule has 17 heavy (non-hydrogen) atoms. The van der Waals surface area contributed by atoms with Crippen molar-refractivity contribution >= 4 is 0 Å². The highest BCUT2D eigenvalue weighted by molar-refractivity contribution is 4.85. The summed E-state index contributed by atoms with van der Waals surface area (Å²) < 4.78 is 10.5. The van der Waals surface area contributed by atoms with Crippen molar-refractivity contribution in [2.24, 2.45) is 5.41 Å². The lowest BCUT2D eigenvalue weighted by Crippen LogP contribution is -2.47. The maximum absolute atomic E-state index is 9.68. The fourth-order valence-electron chi connectivity index (χ4n) is 2.33. The summed E-state index contributed by atoms with van der Waals surface area (Å²) in [5.41, 5.74) is 0.0241.